The molecular weight excluding hydrogens is 357 g/mol. The Labute approximate surface area is 147 Å². The van der Waals surface area contributed by atoms with E-state index in [0.29, 0.717) is 10.8 Å². The molecule has 0 spiro atoms. The van der Waals surface area contributed by atoms with Gasteiger partial charge in [-0.25, -0.2) is 4.79 Å². The zero-order valence-corrected chi connectivity index (χ0v) is 14.0. The Morgan fingerprint density at radius 1 is 1.17 bits per heavy atom. The Kier molecular flexibility index (Phi) is 5.89. The first-order chi connectivity index (χ1) is 11.4. The molecule has 24 heavy (non-hydrogen) atoms. The molecule has 1 amide bonds. The van der Waals surface area contributed by atoms with Gasteiger partial charge in [0.15, 0.2) is 6.61 Å². The van der Waals surface area contributed by atoms with Crippen LogP contribution in [0, 0.1) is 0 Å². The van der Waals surface area contributed by atoms with Crippen molar-refractivity contribution in [3.8, 4) is 11.5 Å². The van der Waals surface area contributed by atoms with Gasteiger partial charge in [0.05, 0.1) is 23.4 Å². The molecule has 0 aromatic heterocycles. The van der Waals surface area contributed by atoms with E-state index in [1.54, 1.807) is 12.1 Å². The molecular formula is C16H13Cl2NO5. The number of esters is 1. The summed E-state index contributed by atoms with van der Waals surface area (Å²) >= 11 is 11.7. The second-order valence-electron chi connectivity index (χ2n) is 4.64. The SMILES string of the molecule is COC(=O)c1ccc(NC(=O)COc2ccc(Cl)cc2Cl)c(O)c1. The molecule has 0 heterocycles. The van der Waals surface area contributed by atoms with Crippen molar-refractivity contribution >= 4 is 40.8 Å². The lowest BCUT2D eigenvalue weighted by Crippen LogP contribution is -2.20. The van der Waals surface area contributed by atoms with E-state index in [9.17, 15) is 14.7 Å². The van der Waals surface area contributed by atoms with Crippen molar-refractivity contribution in [3.05, 3.63) is 52.0 Å². The number of amides is 1. The predicted molar refractivity (Wildman–Crippen MR) is 90.0 cm³/mol. The maximum absolute atomic E-state index is 11.9. The molecule has 0 aliphatic heterocycles. The molecule has 0 atom stereocenters. The number of rotatable bonds is 5. The fourth-order valence-corrected chi connectivity index (χ4v) is 2.27. The zero-order valence-electron chi connectivity index (χ0n) is 12.5. The molecule has 0 fully saturated rings. The van der Waals surface area contributed by atoms with Crippen molar-refractivity contribution < 1.29 is 24.2 Å². The number of hydrogen-bond acceptors (Lipinski definition) is 5. The smallest absolute Gasteiger partial charge is 0.337 e. The molecule has 0 saturated carbocycles. The summed E-state index contributed by atoms with van der Waals surface area (Å²) < 4.78 is 9.83. The fraction of sp³-hybridized carbons (Fsp3) is 0.125. The van der Waals surface area contributed by atoms with Crippen LogP contribution in [0.2, 0.25) is 10.0 Å². The van der Waals surface area contributed by atoms with E-state index in [4.69, 9.17) is 27.9 Å². The Balaban J connectivity index is 1.98. The first kappa shape index (κ1) is 17.9. The highest BCUT2D eigenvalue weighted by molar-refractivity contribution is 6.35. The number of phenols is 1. The monoisotopic (exact) mass is 369 g/mol. The third-order valence-corrected chi connectivity index (χ3v) is 3.48. The van der Waals surface area contributed by atoms with Crippen LogP contribution >= 0.6 is 23.2 Å². The number of hydrogen-bond donors (Lipinski definition) is 2. The van der Waals surface area contributed by atoms with E-state index < -0.39 is 11.9 Å². The largest absolute Gasteiger partial charge is 0.506 e. The van der Waals surface area contributed by atoms with Crippen molar-refractivity contribution in [3.63, 3.8) is 0 Å². The van der Waals surface area contributed by atoms with Crippen LogP contribution in [0.1, 0.15) is 10.4 Å². The second kappa shape index (κ2) is 7.90. The molecule has 0 saturated heterocycles. The maximum atomic E-state index is 11.9. The second-order valence-corrected chi connectivity index (χ2v) is 5.48. The van der Waals surface area contributed by atoms with Crippen LogP contribution in [-0.4, -0.2) is 30.7 Å². The molecule has 0 radical (unpaired) electrons. The summed E-state index contributed by atoms with van der Waals surface area (Å²) in [4.78, 5) is 23.2. The van der Waals surface area contributed by atoms with Crippen molar-refractivity contribution in [1.82, 2.24) is 0 Å². The highest BCUT2D eigenvalue weighted by Gasteiger charge is 2.12. The molecule has 2 N–H and O–H groups in total. The number of phenolic OH excluding ortho intramolecular Hbond substituents is 1. The van der Waals surface area contributed by atoms with E-state index in [0.717, 1.165) is 0 Å². The molecule has 126 valence electrons. The minimum Gasteiger partial charge on any atom is -0.506 e. The summed E-state index contributed by atoms with van der Waals surface area (Å²) in [6.07, 6.45) is 0. The van der Waals surface area contributed by atoms with Crippen LogP contribution in [0.4, 0.5) is 5.69 Å². The van der Waals surface area contributed by atoms with Crippen LogP contribution in [0.3, 0.4) is 0 Å². The van der Waals surface area contributed by atoms with Crippen LogP contribution in [-0.2, 0) is 9.53 Å². The van der Waals surface area contributed by atoms with Crippen molar-refractivity contribution in [1.29, 1.82) is 0 Å². The van der Waals surface area contributed by atoms with Gasteiger partial charge in [0.25, 0.3) is 5.91 Å². The van der Waals surface area contributed by atoms with Crippen LogP contribution < -0.4 is 10.1 Å². The summed E-state index contributed by atoms with van der Waals surface area (Å²) in [7, 11) is 1.23. The molecule has 0 unspecified atom stereocenters. The molecule has 0 bridgehead atoms. The first-order valence-corrected chi connectivity index (χ1v) is 7.45. The van der Waals surface area contributed by atoms with Crippen molar-refractivity contribution in [2.75, 3.05) is 19.0 Å². The predicted octanol–water partition coefficient (Wildman–Crippen LogP) is 3.50. The quantitative estimate of drug-likeness (QED) is 0.622. The van der Waals surface area contributed by atoms with E-state index in [-0.39, 0.29) is 28.6 Å². The van der Waals surface area contributed by atoms with E-state index in [2.05, 4.69) is 10.1 Å². The summed E-state index contributed by atoms with van der Waals surface area (Å²) in [5.41, 5.74) is 0.302. The van der Waals surface area contributed by atoms with Gasteiger partial charge < -0.3 is 19.9 Å². The summed E-state index contributed by atoms with van der Waals surface area (Å²) in [6, 6.07) is 8.61. The van der Waals surface area contributed by atoms with E-state index in [1.807, 2.05) is 0 Å². The van der Waals surface area contributed by atoms with E-state index >= 15 is 0 Å². The number of aromatic hydroxyl groups is 1. The van der Waals surface area contributed by atoms with Gasteiger partial charge in [-0.15, -0.1) is 0 Å². The fourth-order valence-electron chi connectivity index (χ4n) is 1.80. The number of ether oxygens (including phenoxy) is 2. The van der Waals surface area contributed by atoms with Gasteiger partial charge in [-0.3, -0.25) is 4.79 Å². The summed E-state index contributed by atoms with van der Waals surface area (Å²) in [6.45, 7) is -0.320. The van der Waals surface area contributed by atoms with Gasteiger partial charge >= 0.3 is 5.97 Å². The number of nitrogens with one attached hydrogen (secondary N) is 1. The number of methoxy groups -OCH3 is 1. The van der Waals surface area contributed by atoms with Crippen LogP contribution in [0.25, 0.3) is 0 Å². The standard InChI is InChI=1S/C16H13Cl2NO5/c1-23-16(22)9-2-4-12(13(20)6-9)19-15(21)8-24-14-5-3-10(17)7-11(14)18/h2-7,20H,8H2,1H3,(H,19,21). The molecule has 2 aromatic rings. The number of carbonyl (C=O) groups is 2. The minimum absolute atomic E-state index is 0.137. The van der Waals surface area contributed by atoms with Gasteiger partial charge in [0.1, 0.15) is 11.5 Å². The highest BCUT2D eigenvalue weighted by Crippen LogP contribution is 2.28. The van der Waals surface area contributed by atoms with Crippen molar-refractivity contribution in [2.45, 2.75) is 0 Å². The van der Waals surface area contributed by atoms with Gasteiger partial charge in [0, 0.05) is 5.02 Å². The van der Waals surface area contributed by atoms with Gasteiger partial charge in [0.2, 0.25) is 0 Å². The topological polar surface area (TPSA) is 84.9 Å². The first-order valence-electron chi connectivity index (χ1n) is 6.69. The van der Waals surface area contributed by atoms with E-state index in [1.165, 1.54) is 31.4 Å². The summed E-state index contributed by atoms with van der Waals surface area (Å²) in [5, 5.41) is 13.0. The Bertz CT molecular complexity index is 779. The number of carbonyl (C=O) groups excluding carboxylic acids is 2. The van der Waals surface area contributed by atoms with Crippen molar-refractivity contribution in [2.24, 2.45) is 0 Å². The Morgan fingerprint density at radius 3 is 2.54 bits per heavy atom. The average Bonchev–Trinajstić information content (AvgIpc) is 2.55. The molecule has 0 aliphatic rings. The zero-order chi connectivity index (χ0) is 17.7. The highest BCUT2D eigenvalue weighted by atomic mass is 35.5. The molecule has 2 rings (SSSR count). The molecule has 8 heteroatoms. The molecule has 0 aliphatic carbocycles. The summed E-state index contributed by atoms with van der Waals surface area (Å²) in [5.74, 6) is -1.07. The molecule has 6 nitrogen and oxygen atoms in total. The number of halogens is 2. The number of anilines is 1. The lowest BCUT2D eigenvalue weighted by atomic mass is 10.2. The van der Waals surface area contributed by atoms with Gasteiger partial charge in [-0.05, 0) is 36.4 Å². The minimum atomic E-state index is -0.594. The normalized spacial score (nSPS) is 10.1. The third kappa shape index (κ3) is 4.53. The lowest BCUT2D eigenvalue weighted by Gasteiger charge is -2.10. The maximum Gasteiger partial charge on any atom is 0.337 e. The van der Waals surface area contributed by atoms with Gasteiger partial charge in [-0.2, -0.15) is 0 Å². The van der Waals surface area contributed by atoms with Crippen LogP contribution in [0.15, 0.2) is 36.4 Å². The molecule has 2 aromatic carbocycles. The Hall–Kier alpha value is -2.44. The average molecular weight is 370 g/mol. The van der Waals surface area contributed by atoms with Crippen LogP contribution in [0.5, 0.6) is 11.5 Å². The number of benzene rings is 2. The van der Waals surface area contributed by atoms with Gasteiger partial charge in [-0.1, -0.05) is 23.2 Å². The third-order valence-electron chi connectivity index (χ3n) is 2.95. The lowest BCUT2D eigenvalue weighted by molar-refractivity contribution is -0.118. The Morgan fingerprint density at radius 2 is 1.92 bits per heavy atom.